The minimum atomic E-state index is -3.39. The number of hydrogen-bond acceptors (Lipinski definition) is 3. The first kappa shape index (κ1) is 14.2. The maximum Gasteiger partial charge on any atom is 0.279 e. The predicted octanol–water partition coefficient (Wildman–Crippen LogP) is 0.858. The summed E-state index contributed by atoms with van der Waals surface area (Å²) in [4.78, 5) is 0. The molecular formula is C12H24N2O3S. The van der Waals surface area contributed by atoms with E-state index in [0.717, 1.165) is 25.7 Å². The average Bonchev–Trinajstić information content (AvgIpc) is 2.80. The van der Waals surface area contributed by atoms with Crippen molar-refractivity contribution < 1.29 is 13.5 Å². The molecule has 0 aromatic heterocycles. The van der Waals surface area contributed by atoms with Gasteiger partial charge >= 0.3 is 0 Å². The largest absolute Gasteiger partial charge is 0.389 e. The molecule has 18 heavy (non-hydrogen) atoms. The van der Waals surface area contributed by atoms with Gasteiger partial charge < -0.3 is 5.11 Å². The van der Waals surface area contributed by atoms with Gasteiger partial charge in [-0.15, -0.1) is 0 Å². The number of nitrogens with one attached hydrogen (secondary N) is 1. The number of hydrogen-bond donors (Lipinski definition) is 2. The van der Waals surface area contributed by atoms with E-state index in [4.69, 9.17) is 0 Å². The lowest BCUT2D eigenvalue weighted by Crippen LogP contribution is -2.49. The Morgan fingerprint density at radius 2 is 2.00 bits per heavy atom. The van der Waals surface area contributed by atoms with Crippen LogP contribution < -0.4 is 4.72 Å². The first-order valence-electron chi connectivity index (χ1n) is 6.88. The average molecular weight is 276 g/mol. The Balaban J connectivity index is 1.90. The van der Waals surface area contributed by atoms with Crippen LogP contribution in [-0.2, 0) is 10.2 Å². The predicted molar refractivity (Wildman–Crippen MR) is 70.3 cm³/mol. The van der Waals surface area contributed by atoms with E-state index in [9.17, 15) is 13.5 Å². The second-order valence-electron chi connectivity index (χ2n) is 5.86. The van der Waals surface area contributed by atoms with Crippen LogP contribution in [0.3, 0.4) is 0 Å². The molecule has 0 bridgehead atoms. The molecule has 2 aliphatic rings. The SMILES string of the molecule is CC1CCCC(O)(CNS(=O)(=O)N2CCCC2)C1. The molecule has 0 aromatic carbocycles. The molecule has 2 rings (SSSR count). The summed E-state index contributed by atoms with van der Waals surface area (Å²) in [5.74, 6) is 0.472. The van der Waals surface area contributed by atoms with Crippen LogP contribution >= 0.6 is 0 Å². The van der Waals surface area contributed by atoms with Crippen molar-refractivity contribution in [2.45, 2.75) is 51.0 Å². The fourth-order valence-electron chi connectivity index (χ4n) is 3.04. The normalized spacial score (nSPS) is 34.9. The molecule has 0 amide bonds. The summed E-state index contributed by atoms with van der Waals surface area (Å²) < 4.78 is 28.1. The van der Waals surface area contributed by atoms with Gasteiger partial charge in [-0.1, -0.05) is 19.8 Å². The highest BCUT2D eigenvalue weighted by Crippen LogP contribution is 2.31. The fourth-order valence-corrected chi connectivity index (χ4v) is 4.41. The lowest BCUT2D eigenvalue weighted by Gasteiger charge is -2.35. The zero-order valence-electron chi connectivity index (χ0n) is 11.1. The second kappa shape index (κ2) is 5.45. The summed E-state index contributed by atoms with van der Waals surface area (Å²) in [7, 11) is -3.39. The number of nitrogens with zero attached hydrogens (tertiary/aromatic N) is 1. The lowest BCUT2D eigenvalue weighted by molar-refractivity contribution is -0.00776. The molecule has 6 heteroatoms. The fraction of sp³-hybridized carbons (Fsp3) is 1.00. The van der Waals surface area contributed by atoms with Crippen LogP contribution in [0.15, 0.2) is 0 Å². The third kappa shape index (κ3) is 3.44. The second-order valence-corrected chi connectivity index (χ2v) is 7.61. The summed E-state index contributed by atoms with van der Waals surface area (Å²) in [6, 6.07) is 0. The molecule has 2 fully saturated rings. The van der Waals surface area contributed by atoms with Gasteiger partial charge in [0, 0.05) is 19.6 Å². The van der Waals surface area contributed by atoms with E-state index in [0.29, 0.717) is 31.8 Å². The molecule has 1 aliphatic heterocycles. The Hall–Kier alpha value is -0.170. The van der Waals surface area contributed by atoms with E-state index in [1.807, 2.05) is 0 Å². The molecule has 0 spiro atoms. The van der Waals surface area contributed by atoms with E-state index in [-0.39, 0.29) is 6.54 Å². The molecule has 2 atom stereocenters. The highest BCUT2D eigenvalue weighted by atomic mass is 32.2. The molecule has 1 heterocycles. The number of rotatable bonds is 4. The van der Waals surface area contributed by atoms with Crippen molar-refractivity contribution in [2.75, 3.05) is 19.6 Å². The van der Waals surface area contributed by atoms with Gasteiger partial charge in [0.1, 0.15) is 0 Å². The summed E-state index contributed by atoms with van der Waals surface area (Å²) in [5, 5.41) is 10.4. The molecule has 0 aromatic rings. The van der Waals surface area contributed by atoms with E-state index in [2.05, 4.69) is 11.6 Å². The van der Waals surface area contributed by atoms with Crippen LogP contribution in [0.2, 0.25) is 0 Å². The van der Waals surface area contributed by atoms with E-state index < -0.39 is 15.8 Å². The van der Waals surface area contributed by atoms with Crippen LogP contribution in [0.1, 0.15) is 45.4 Å². The molecule has 1 saturated carbocycles. The molecule has 1 saturated heterocycles. The third-order valence-corrected chi connectivity index (χ3v) is 5.61. The Morgan fingerprint density at radius 3 is 2.61 bits per heavy atom. The Labute approximate surface area is 110 Å². The first-order chi connectivity index (χ1) is 8.41. The van der Waals surface area contributed by atoms with Gasteiger partial charge in [-0.25, -0.2) is 0 Å². The van der Waals surface area contributed by atoms with Crippen molar-refractivity contribution in [1.82, 2.24) is 9.03 Å². The van der Waals surface area contributed by atoms with Gasteiger partial charge in [-0.3, -0.25) is 0 Å². The smallest absolute Gasteiger partial charge is 0.279 e. The summed E-state index contributed by atoms with van der Waals surface area (Å²) >= 11 is 0. The van der Waals surface area contributed by atoms with Crippen molar-refractivity contribution in [3.8, 4) is 0 Å². The maximum absolute atomic E-state index is 12.0. The summed E-state index contributed by atoms with van der Waals surface area (Å²) in [6.45, 7) is 3.46. The molecule has 5 nitrogen and oxygen atoms in total. The Kier molecular flexibility index (Phi) is 4.31. The third-order valence-electron chi connectivity index (χ3n) is 4.06. The molecule has 2 N–H and O–H groups in total. The molecule has 106 valence electrons. The Morgan fingerprint density at radius 1 is 1.33 bits per heavy atom. The molecule has 1 aliphatic carbocycles. The standard InChI is InChI=1S/C12H24N2O3S/c1-11-5-4-6-12(15,9-11)10-13-18(16,17)14-7-2-3-8-14/h11,13,15H,2-10H2,1H3. The molecular weight excluding hydrogens is 252 g/mol. The minimum Gasteiger partial charge on any atom is -0.389 e. The van der Waals surface area contributed by atoms with Crippen LogP contribution in [-0.4, -0.2) is 43.1 Å². The van der Waals surface area contributed by atoms with E-state index >= 15 is 0 Å². The van der Waals surface area contributed by atoms with Gasteiger partial charge in [0.2, 0.25) is 0 Å². The lowest BCUT2D eigenvalue weighted by atomic mass is 9.79. The van der Waals surface area contributed by atoms with Gasteiger partial charge in [0.25, 0.3) is 10.2 Å². The van der Waals surface area contributed by atoms with Crippen molar-refractivity contribution in [2.24, 2.45) is 5.92 Å². The van der Waals surface area contributed by atoms with Crippen LogP contribution in [0.25, 0.3) is 0 Å². The summed E-state index contributed by atoms with van der Waals surface area (Å²) in [5.41, 5.74) is -0.857. The van der Waals surface area contributed by atoms with Gasteiger partial charge in [0.05, 0.1) is 5.60 Å². The minimum absolute atomic E-state index is 0.149. The zero-order chi connectivity index (χ0) is 13.2. The van der Waals surface area contributed by atoms with Gasteiger partial charge in [-0.05, 0) is 31.6 Å². The van der Waals surface area contributed by atoms with Crippen LogP contribution in [0, 0.1) is 5.92 Å². The highest BCUT2D eigenvalue weighted by molar-refractivity contribution is 7.87. The van der Waals surface area contributed by atoms with Crippen molar-refractivity contribution in [3.05, 3.63) is 0 Å². The van der Waals surface area contributed by atoms with Crippen LogP contribution in [0.4, 0.5) is 0 Å². The molecule has 2 unspecified atom stereocenters. The van der Waals surface area contributed by atoms with Crippen LogP contribution in [0.5, 0.6) is 0 Å². The maximum atomic E-state index is 12.0. The topological polar surface area (TPSA) is 69.6 Å². The number of aliphatic hydroxyl groups is 1. The van der Waals surface area contributed by atoms with E-state index in [1.54, 1.807) is 0 Å². The molecule has 0 radical (unpaired) electrons. The monoisotopic (exact) mass is 276 g/mol. The first-order valence-corrected chi connectivity index (χ1v) is 8.32. The Bertz CT molecular complexity index is 379. The zero-order valence-corrected chi connectivity index (χ0v) is 11.9. The van der Waals surface area contributed by atoms with Crippen molar-refractivity contribution >= 4 is 10.2 Å². The summed E-state index contributed by atoms with van der Waals surface area (Å²) in [6.07, 6.45) is 5.35. The van der Waals surface area contributed by atoms with Gasteiger partial charge in [-0.2, -0.15) is 17.4 Å². The van der Waals surface area contributed by atoms with Gasteiger partial charge in [0.15, 0.2) is 0 Å². The van der Waals surface area contributed by atoms with E-state index in [1.165, 1.54) is 4.31 Å². The van der Waals surface area contributed by atoms with Crippen molar-refractivity contribution in [1.29, 1.82) is 0 Å². The highest BCUT2D eigenvalue weighted by Gasteiger charge is 2.35. The van der Waals surface area contributed by atoms with Crippen molar-refractivity contribution in [3.63, 3.8) is 0 Å². The quantitative estimate of drug-likeness (QED) is 0.800.